The first-order valence-electron chi connectivity index (χ1n) is 12.2. The summed E-state index contributed by atoms with van der Waals surface area (Å²) in [5, 5.41) is 12.4. The molecule has 3 atom stereocenters. The lowest BCUT2D eigenvalue weighted by atomic mass is 9.84. The van der Waals surface area contributed by atoms with E-state index in [1.165, 1.54) is 0 Å². The zero-order valence-electron chi connectivity index (χ0n) is 19.7. The number of carboxylic acid groups (broad SMARTS) is 1. The molecule has 2 aromatic carbocycles. The van der Waals surface area contributed by atoms with Crippen LogP contribution in [0.5, 0.6) is 0 Å². The van der Waals surface area contributed by atoms with Crippen LogP contribution in [0.25, 0.3) is 11.1 Å². The first-order valence-corrected chi connectivity index (χ1v) is 12.2. The van der Waals surface area contributed by atoms with Crippen molar-refractivity contribution in [1.82, 2.24) is 10.2 Å². The van der Waals surface area contributed by atoms with Gasteiger partial charge in [0, 0.05) is 25.6 Å². The molecule has 8 heteroatoms. The molecule has 2 aromatic rings. The Morgan fingerprint density at radius 3 is 2.37 bits per heavy atom. The highest BCUT2D eigenvalue weighted by atomic mass is 16.6. The molecule has 2 heterocycles. The molecule has 0 spiro atoms. The summed E-state index contributed by atoms with van der Waals surface area (Å²) < 4.78 is 11.3. The summed E-state index contributed by atoms with van der Waals surface area (Å²) in [5.74, 6) is -1.20. The van der Waals surface area contributed by atoms with Gasteiger partial charge >= 0.3 is 12.1 Å². The van der Waals surface area contributed by atoms with Crippen molar-refractivity contribution >= 4 is 18.0 Å². The normalized spacial score (nSPS) is 25.2. The molecule has 2 amide bonds. The van der Waals surface area contributed by atoms with Crippen LogP contribution in [-0.2, 0) is 19.1 Å². The molecule has 3 aliphatic rings. The Hall–Kier alpha value is -3.39. The Bertz CT molecular complexity index is 1100. The Kier molecular flexibility index (Phi) is 6.23. The number of likely N-dealkylation sites (tertiary alicyclic amines) is 1. The van der Waals surface area contributed by atoms with Gasteiger partial charge in [-0.25, -0.2) is 4.79 Å². The number of amides is 2. The molecule has 2 aliphatic heterocycles. The summed E-state index contributed by atoms with van der Waals surface area (Å²) in [6, 6.07) is 15.7. The topological polar surface area (TPSA) is 105 Å². The highest BCUT2D eigenvalue weighted by Crippen LogP contribution is 2.44. The summed E-state index contributed by atoms with van der Waals surface area (Å²) in [6.45, 7) is 2.90. The highest BCUT2D eigenvalue weighted by molar-refractivity contribution is 5.85. The first kappa shape index (κ1) is 23.4. The zero-order valence-corrected chi connectivity index (χ0v) is 19.7. The number of carbonyl (C=O) groups is 3. The van der Waals surface area contributed by atoms with E-state index in [0.717, 1.165) is 22.3 Å². The molecule has 1 aliphatic carbocycles. The number of hydrogen-bond acceptors (Lipinski definition) is 5. The van der Waals surface area contributed by atoms with Gasteiger partial charge in [0.1, 0.15) is 6.61 Å². The van der Waals surface area contributed by atoms with Crippen molar-refractivity contribution in [2.24, 2.45) is 5.41 Å². The number of carbonyl (C=O) groups excluding carboxylic acids is 2. The molecule has 0 saturated carbocycles. The monoisotopic (exact) mass is 478 g/mol. The SMILES string of the molecule is CCC1(C(=O)O)CCN(C(=O)C2OCCC2NC(=O)OCC2c3ccccc3-c3ccccc32)C1. The maximum absolute atomic E-state index is 13.1. The van der Waals surface area contributed by atoms with E-state index < -0.39 is 29.6 Å². The third-order valence-corrected chi connectivity index (χ3v) is 7.78. The zero-order chi connectivity index (χ0) is 24.6. The molecule has 8 nitrogen and oxygen atoms in total. The van der Waals surface area contributed by atoms with Crippen LogP contribution >= 0.6 is 0 Å². The van der Waals surface area contributed by atoms with Crippen LogP contribution in [0.3, 0.4) is 0 Å². The number of nitrogens with one attached hydrogen (secondary N) is 1. The molecule has 2 N–H and O–H groups in total. The molecule has 2 saturated heterocycles. The highest BCUT2D eigenvalue weighted by Gasteiger charge is 2.48. The average molecular weight is 479 g/mol. The number of alkyl carbamates (subject to hydrolysis) is 1. The molecular weight excluding hydrogens is 448 g/mol. The number of hydrogen-bond donors (Lipinski definition) is 2. The standard InChI is InChI=1S/C27H30N2O6/c1-2-27(25(31)32)12-13-29(16-27)24(30)23-22(11-14-34-23)28-26(33)35-15-21-19-9-5-3-7-17(19)18-8-4-6-10-20(18)21/h3-10,21-23H,2,11-16H2,1H3,(H,28,33)(H,31,32). The number of benzene rings is 2. The van der Waals surface area contributed by atoms with E-state index in [1.807, 2.05) is 31.2 Å². The van der Waals surface area contributed by atoms with Crippen LogP contribution in [0, 0.1) is 5.41 Å². The van der Waals surface area contributed by atoms with E-state index in [2.05, 4.69) is 29.6 Å². The first-order chi connectivity index (χ1) is 16.9. The summed E-state index contributed by atoms with van der Waals surface area (Å²) in [5.41, 5.74) is 3.66. The number of carboxylic acids is 1. The van der Waals surface area contributed by atoms with Crippen LogP contribution < -0.4 is 5.32 Å². The lowest BCUT2D eigenvalue weighted by molar-refractivity contribution is -0.149. The van der Waals surface area contributed by atoms with Crippen molar-refractivity contribution in [3.8, 4) is 11.1 Å². The van der Waals surface area contributed by atoms with Crippen LogP contribution in [0.4, 0.5) is 4.79 Å². The molecule has 3 unspecified atom stereocenters. The van der Waals surface area contributed by atoms with Crippen LogP contribution in [-0.4, -0.2) is 66.4 Å². The molecule has 184 valence electrons. The van der Waals surface area contributed by atoms with Crippen molar-refractivity contribution in [3.63, 3.8) is 0 Å². The fourth-order valence-electron chi connectivity index (χ4n) is 5.63. The van der Waals surface area contributed by atoms with Crippen molar-refractivity contribution in [2.45, 2.75) is 44.2 Å². The van der Waals surface area contributed by atoms with Gasteiger partial charge in [-0.1, -0.05) is 55.5 Å². The van der Waals surface area contributed by atoms with E-state index in [1.54, 1.807) is 4.90 Å². The largest absolute Gasteiger partial charge is 0.481 e. The van der Waals surface area contributed by atoms with Gasteiger partial charge in [0.15, 0.2) is 6.10 Å². The van der Waals surface area contributed by atoms with Crippen LogP contribution in [0.15, 0.2) is 48.5 Å². The van der Waals surface area contributed by atoms with Gasteiger partial charge in [0.2, 0.25) is 0 Å². The second-order valence-electron chi connectivity index (χ2n) is 9.61. The minimum Gasteiger partial charge on any atom is -0.481 e. The van der Waals surface area contributed by atoms with Gasteiger partial charge in [-0.15, -0.1) is 0 Å². The third kappa shape index (κ3) is 4.16. The number of ether oxygens (including phenoxy) is 2. The molecule has 5 rings (SSSR count). The summed E-state index contributed by atoms with van der Waals surface area (Å²) in [7, 11) is 0. The van der Waals surface area contributed by atoms with Crippen molar-refractivity contribution in [2.75, 3.05) is 26.3 Å². The Balaban J connectivity index is 1.21. The number of rotatable bonds is 6. The van der Waals surface area contributed by atoms with Gasteiger partial charge in [0.05, 0.1) is 11.5 Å². The Morgan fingerprint density at radius 2 is 1.77 bits per heavy atom. The van der Waals surface area contributed by atoms with E-state index in [4.69, 9.17) is 9.47 Å². The number of nitrogens with zero attached hydrogens (tertiary/aromatic N) is 1. The molecule has 0 radical (unpaired) electrons. The molecule has 35 heavy (non-hydrogen) atoms. The summed E-state index contributed by atoms with van der Waals surface area (Å²) in [6.07, 6.45) is -0.0559. The lowest BCUT2D eigenvalue weighted by Gasteiger charge is -2.26. The average Bonchev–Trinajstić information content (AvgIpc) is 3.59. The summed E-state index contributed by atoms with van der Waals surface area (Å²) >= 11 is 0. The maximum Gasteiger partial charge on any atom is 0.407 e. The molecular formula is C27H30N2O6. The van der Waals surface area contributed by atoms with E-state index in [9.17, 15) is 19.5 Å². The Labute approximate surface area is 204 Å². The number of fused-ring (bicyclic) bond motifs is 3. The van der Waals surface area contributed by atoms with Gasteiger partial charge in [-0.05, 0) is 41.5 Å². The fourth-order valence-corrected chi connectivity index (χ4v) is 5.63. The van der Waals surface area contributed by atoms with E-state index in [-0.39, 0.29) is 25.0 Å². The van der Waals surface area contributed by atoms with Crippen molar-refractivity contribution < 1.29 is 29.0 Å². The van der Waals surface area contributed by atoms with Crippen molar-refractivity contribution in [3.05, 3.63) is 59.7 Å². The quantitative estimate of drug-likeness (QED) is 0.659. The van der Waals surface area contributed by atoms with E-state index in [0.29, 0.717) is 32.4 Å². The third-order valence-electron chi connectivity index (χ3n) is 7.78. The smallest absolute Gasteiger partial charge is 0.407 e. The second kappa shape index (κ2) is 9.34. The maximum atomic E-state index is 13.1. The van der Waals surface area contributed by atoms with Crippen LogP contribution in [0.1, 0.15) is 43.2 Å². The Morgan fingerprint density at radius 1 is 1.11 bits per heavy atom. The minimum atomic E-state index is -0.913. The van der Waals surface area contributed by atoms with Crippen molar-refractivity contribution in [1.29, 1.82) is 0 Å². The molecule has 2 fully saturated rings. The van der Waals surface area contributed by atoms with Crippen LogP contribution in [0.2, 0.25) is 0 Å². The predicted molar refractivity (Wildman–Crippen MR) is 128 cm³/mol. The summed E-state index contributed by atoms with van der Waals surface area (Å²) in [4.78, 5) is 39.1. The predicted octanol–water partition coefficient (Wildman–Crippen LogP) is 3.40. The van der Waals surface area contributed by atoms with Gasteiger partial charge in [-0.2, -0.15) is 0 Å². The van der Waals surface area contributed by atoms with Gasteiger partial charge in [-0.3, -0.25) is 9.59 Å². The minimum absolute atomic E-state index is 0.0480. The van der Waals surface area contributed by atoms with Gasteiger partial charge < -0.3 is 24.8 Å². The molecule has 0 bridgehead atoms. The second-order valence-corrected chi connectivity index (χ2v) is 9.61. The lowest BCUT2D eigenvalue weighted by Crippen LogP contribution is -2.50. The van der Waals surface area contributed by atoms with E-state index >= 15 is 0 Å². The van der Waals surface area contributed by atoms with Gasteiger partial charge in [0.25, 0.3) is 5.91 Å². The number of aliphatic carboxylic acids is 1. The fraction of sp³-hybridized carbons (Fsp3) is 0.444. The molecule has 0 aromatic heterocycles.